The Morgan fingerprint density at radius 2 is 1.11 bits per heavy atom. The Labute approximate surface area is 127 Å². The predicted octanol–water partition coefficient (Wildman–Crippen LogP) is 5.98. The molecule has 0 bridgehead atoms. The van der Waals surface area contributed by atoms with Crippen molar-refractivity contribution in [1.82, 2.24) is 0 Å². The van der Waals surface area contributed by atoms with E-state index in [0.29, 0.717) is 0 Å². The predicted molar refractivity (Wildman–Crippen MR) is 93.4 cm³/mol. The summed E-state index contributed by atoms with van der Waals surface area (Å²) >= 11 is -4.59. The molecule has 0 saturated heterocycles. The van der Waals surface area contributed by atoms with Crippen molar-refractivity contribution >= 4 is 27.2 Å². The number of unbranched alkanes of at least 4 members (excludes halogenated alkanes) is 2. The first-order chi connectivity index (χ1) is 8.67. The number of rotatable bonds is 10. The summed E-state index contributed by atoms with van der Waals surface area (Å²) in [5, 5.41) is 0. The van der Waals surface area contributed by atoms with Crippen LogP contribution in [0.5, 0.6) is 0 Å². The number of allylic oxidation sites excluding steroid dienone is 2. The summed E-state index contributed by atoms with van der Waals surface area (Å²) in [6.07, 6.45) is 7.30. The van der Waals surface area contributed by atoms with Crippen LogP contribution in [0.25, 0.3) is 0 Å². The molecule has 0 aliphatic carbocycles. The molecule has 0 aromatic rings. The molecule has 0 saturated carbocycles. The molecule has 0 spiro atoms. The summed E-state index contributed by atoms with van der Waals surface area (Å²) in [5.41, 5.74) is 0. The number of hydrogen-bond donors (Lipinski definition) is 0. The van der Waals surface area contributed by atoms with Crippen molar-refractivity contribution in [3.63, 3.8) is 0 Å². The van der Waals surface area contributed by atoms with Gasteiger partial charge >= 0.3 is 127 Å². The second-order valence-electron chi connectivity index (χ2n) is 6.54. The summed E-state index contributed by atoms with van der Waals surface area (Å²) in [7, 11) is 0. The van der Waals surface area contributed by atoms with Crippen molar-refractivity contribution < 1.29 is 2.79 Å². The molecule has 0 heterocycles. The Morgan fingerprint density at radius 3 is 1.37 bits per heavy atom. The molecule has 112 valence electrons. The van der Waals surface area contributed by atoms with E-state index in [2.05, 4.69) is 50.0 Å². The molecule has 19 heavy (non-hydrogen) atoms. The van der Waals surface area contributed by atoms with Crippen molar-refractivity contribution in [2.45, 2.75) is 75.4 Å². The molecule has 0 N–H and O–H groups in total. The molecule has 3 heteroatoms. The zero-order chi connectivity index (χ0) is 15.1. The average molecular weight is 388 g/mol. The molecule has 0 atom stereocenters. The molecule has 0 aromatic heterocycles. The van der Waals surface area contributed by atoms with Gasteiger partial charge in [-0.2, -0.15) is 0 Å². The molecule has 0 aliphatic rings. The van der Waals surface area contributed by atoms with Crippen molar-refractivity contribution in [1.29, 1.82) is 0 Å². The third-order valence-corrected chi connectivity index (χ3v) is 25.3. The van der Waals surface area contributed by atoms with Crippen LogP contribution >= 0.6 is 0 Å². The van der Waals surface area contributed by atoms with E-state index in [-0.39, 0.29) is 0 Å². The molecular weight excluding hydrogens is 353 g/mol. The fraction of sp³-hybridized carbons (Fsp3) is 0.750. The third-order valence-electron chi connectivity index (χ3n) is 3.88. The maximum absolute atomic E-state index is 6.72. The average Bonchev–Trinajstić information content (AvgIpc) is 2.31. The van der Waals surface area contributed by atoms with Gasteiger partial charge < -0.3 is 0 Å². The second kappa shape index (κ2) is 8.73. The van der Waals surface area contributed by atoms with Crippen LogP contribution in [0.4, 0.5) is 0 Å². The van der Waals surface area contributed by atoms with E-state index in [4.69, 9.17) is 2.79 Å². The summed E-state index contributed by atoms with van der Waals surface area (Å²) in [6, 6.07) is 0. The fourth-order valence-corrected chi connectivity index (χ4v) is 25.8. The normalized spacial score (nSPS) is 12.5. The third kappa shape index (κ3) is 7.19. The molecule has 0 radical (unpaired) electrons. The van der Waals surface area contributed by atoms with E-state index >= 15 is 0 Å². The SMILES string of the molecule is C=[C](CCCC)[Ge]([CH3])([CH3])[O][Ge]([CH3])([CH3])[C](=C)CCCC. The Kier molecular flexibility index (Phi) is 8.97. The standard InChI is InChI=1S/C16H34Ge2O/c1-9-11-13-15(3)17(5,6)19-18(7,8)16(4)14-12-10-2/h3-4,9-14H2,1-2,5-8H3. The van der Waals surface area contributed by atoms with Gasteiger partial charge in [-0.05, 0) is 0 Å². The van der Waals surface area contributed by atoms with Gasteiger partial charge in [0.2, 0.25) is 0 Å². The van der Waals surface area contributed by atoms with Crippen LogP contribution in [0.1, 0.15) is 52.4 Å². The summed E-state index contributed by atoms with van der Waals surface area (Å²) in [5.74, 6) is 9.44. The van der Waals surface area contributed by atoms with Gasteiger partial charge in [0.25, 0.3) is 0 Å². The summed E-state index contributed by atoms with van der Waals surface area (Å²) < 4.78 is 9.56. The van der Waals surface area contributed by atoms with Gasteiger partial charge in [0.15, 0.2) is 0 Å². The topological polar surface area (TPSA) is 9.23 Å². The zero-order valence-corrected chi connectivity index (χ0v) is 18.3. The summed E-state index contributed by atoms with van der Waals surface area (Å²) in [4.78, 5) is 0. The van der Waals surface area contributed by atoms with Gasteiger partial charge in [-0.25, -0.2) is 0 Å². The maximum atomic E-state index is 6.72. The Balaban J connectivity index is 4.60. The molecular formula is C16H34Ge2O. The first-order valence-corrected chi connectivity index (χ1v) is 19.9. The van der Waals surface area contributed by atoms with Gasteiger partial charge in [0, 0.05) is 0 Å². The van der Waals surface area contributed by atoms with Crippen LogP contribution in [0.3, 0.4) is 0 Å². The van der Waals surface area contributed by atoms with E-state index in [1.807, 2.05) is 0 Å². The van der Waals surface area contributed by atoms with E-state index in [1.54, 1.807) is 0 Å². The van der Waals surface area contributed by atoms with Gasteiger partial charge in [0.1, 0.15) is 0 Å². The van der Waals surface area contributed by atoms with Crippen molar-refractivity contribution in [3.8, 4) is 0 Å². The Morgan fingerprint density at radius 1 is 0.789 bits per heavy atom. The van der Waals surface area contributed by atoms with E-state index in [0.717, 1.165) is 12.8 Å². The van der Waals surface area contributed by atoms with Gasteiger partial charge in [-0.3, -0.25) is 0 Å². The van der Waals surface area contributed by atoms with Crippen LogP contribution in [0.15, 0.2) is 22.0 Å². The van der Waals surface area contributed by atoms with E-state index < -0.39 is 27.2 Å². The first kappa shape index (κ1) is 19.5. The van der Waals surface area contributed by atoms with Crippen LogP contribution in [-0.2, 0) is 2.79 Å². The van der Waals surface area contributed by atoms with Crippen LogP contribution in [-0.4, -0.2) is 27.2 Å². The monoisotopic (exact) mass is 390 g/mol. The minimum atomic E-state index is -2.30. The van der Waals surface area contributed by atoms with Crippen molar-refractivity contribution in [2.24, 2.45) is 0 Å². The quantitative estimate of drug-likeness (QED) is 0.419. The summed E-state index contributed by atoms with van der Waals surface area (Å²) in [6.45, 7) is 13.1. The van der Waals surface area contributed by atoms with Crippen LogP contribution in [0, 0.1) is 0 Å². The molecule has 0 unspecified atom stereocenters. The Hall–Kier alpha value is 0.526. The first-order valence-electron chi connectivity index (χ1n) is 7.74. The van der Waals surface area contributed by atoms with Gasteiger partial charge in [-0.15, -0.1) is 0 Å². The zero-order valence-electron chi connectivity index (χ0n) is 14.1. The van der Waals surface area contributed by atoms with Crippen LogP contribution in [0.2, 0.25) is 23.0 Å². The van der Waals surface area contributed by atoms with E-state index in [1.165, 1.54) is 34.5 Å². The number of hydrogen-bond acceptors (Lipinski definition) is 1. The Bertz CT molecular complexity index is 276. The van der Waals surface area contributed by atoms with Crippen molar-refractivity contribution in [3.05, 3.63) is 22.0 Å². The minimum absolute atomic E-state index is 1.16. The van der Waals surface area contributed by atoms with Gasteiger partial charge in [-0.1, -0.05) is 0 Å². The fourth-order valence-electron chi connectivity index (χ4n) is 2.16. The molecule has 1 nitrogen and oxygen atoms in total. The molecule has 0 aliphatic heterocycles. The van der Waals surface area contributed by atoms with Crippen LogP contribution < -0.4 is 0 Å². The van der Waals surface area contributed by atoms with E-state index in [9.17, 15) is 0 Å². The molecule has 0 amide bonds. The molecule has 0 aromatic carbocycles. The second-order valence-corrected chi connectivity index (χ2v) is 24.8. The molecule has 0 rings (SSSR count). The van der Waals surface area contributed by atoms with Gasteiger partial charge in [0.05, 0.1) is 0 Å². The van der Waals surface area contributed by atoms with Crippen molar-refractivity contribution in [2.75, 3.05) is 0 Å². The molecule has 0 fully saturated rings.